The highest BCUT2D eigenvalue weighted by Crippen LogP contribution is 2.54. The van der Waals surface area contributed by atoms with Crippen LogP contribution in [0.2, 0.25) is 0 Å². The van der Waals surface area contributed by atoms with Crippen LogP contribution in [0.3, 0.4) is 0 Å². The predicted octanol–water partition coefficient (Wildman–Crippen LogP) is 4.11. The third kappa shape index (κ3) is 1.28. The molecule has 1 aromatic carbocycles. The summed E-state index contributed by atoms with van der Waals surface area (Å²) >= 11 is 0. The van der Waals surface area contributed by atoms with Crippen LogP contribution in [0.5, 0.6) is 0 Å². The summed E-state index contributed by atoms with van der Waals surface area (Å²) in [7, 11) is 0. The van der Waals surface area contributed by atoms with Crippen LogP contribution in [-0.4, -0.2) is 4.98 Å². The van der Waals surface area contributed by atoms with Gasteiger partial charge in [0.25, 0.3) is 0 Å². The minimum absolute atomic E-state index is 0.777. The van der Waals surface area contributed by atoms with E-state index < -0.39 is 0 Å². The van der Waals surface area contributed by atoms with Gasteiger partial charge in [-0.3, -0.25) is 4.98 Å². The van der Waals surface area contributed by atoms with Gasteiger partial charge in [-0.05, 0) is 48.3 Å². The van der Waals surface area contributed by atoms with Crippen molar-refractivity contribution in [2.45, 2.75) is 31.1 Å². The highest BCUT2D eigenvalue weighted by atomic mass is 14.7. The molecule has 0 aliphatic heterocycles. The molecule has 1 heteroatoms. The molecule has 2 aliphatic rings. The van der Waals surface area contributed by atoms with E-state index in [4.69, 9.17) is 0 Å². The Bertz CT molecular complexity index is 559. The van der Waals surface area contributed by atoms with Crippen molar-refractivity contribution < 1.29 is 0 Å². The van der Waals surface area contributed by atoms with Crippen LogP contribution in [0.15, 0.2) is 42.6 Å². The lowest BCUT2D eigenvalue weighted by atomic mass is 9.89. The molecule has 2 unspecified atom stereocenters. The van der Waals surface area contributed by atoms with Crippen molar-refractivity contribution in [1.82, 2.24) is 4.98 Å². The second-order valence-electron chi connectivity index (χ2n) is 5.24. The molecule has 1 nitrogen and oxygen atoms in total. The van der Waals surface area contributed by atoms with Gasteiger partial charge < -0.3 is 0 Å². The van der Waals surface area contributed by atoms with Gasteiger partial charge >= 0.3 is 0 Å². The first-order chi connectivity index (χ1) is 8.43. The molecule has 1 saturated carbocycles. The highest BCUT2D eigenvalue weighted by Gasteiger charge is 2.38. The Morgan fingerprint density at radius 3 is 2.65 bits per heavy atom. The summed E-state index contributed by atoms with van der Waals surface area (Å²) in [5, 5.41) is 0. The average molecular weight is 221 g/mol. The number of nitrogens with zero attached hydrogens (tertiary/aromatic N) is 1. The maximum atomic E-state index is 4.64. The number of rotatable bonds is 1. The van der Waals surface area contributed by atoms with Gasteiger partial charge in [0.15, 0.2) is 0 Å². The van der Waals surface area contributed by atoms with E-state index in [1.165, 1.54) is 30.5 Å². The number of aromatic nitrogens is 1. The molecule has 0 amide bonds. The molecule has 0 saturated heterocycles. The number of hydrogen-bond acceptors (Lipinski definition) is 1. The Morgan fingerprint density at radius 1 is 0.941 bits per heavy atom. The largest absolute Gasteiger partial charge is 0.256 e. The number of benzene rings is 1. The summed E-state index contributed by atoms with van der Waals surface area (Å²) in [5.41, 5.74) is 5.64. The second-order valence-corrected chi connectivity index (χ2v) is 5.24. The monoisotopic (exact) mass is 221 g/mol. The van der Waals surface area contributed by atoms with E-state index in [9.17, 15) is 0 Å². The molecule has 1 aromatic heterocycles. The fourth-order valence-electron chi connectivity index (χ4n) is 3.63. The lowest BCUT2D eigenvalue weighted by molar-refractivity contribution is 0.715. The molecule has 2 atom stereocenters. The summed E-state index contributed by atoms with van der Waals surface area (Å²) in [6.45, 7) is 0. The average Bonchev–Trinajstić information content (AvgIpc) is 3.01. The van der Waals surface area contributed by atoms with Crippen LogP contribution < -0.4 is 0 Å². The number of fused-ring (bicyclic) bond motifs is 5. The lowest BCUT2D eigenvalue weighted by Gasteiger charge is -2.18. The third-order valence-electron chi connectivity index (χ3n) is 4.35. The smallest absolute Gasteiger partial charge is 0.0739 e. The zero-order valence-corrected chi connectivity index (χ0v) is 9.76. The summed E-state index contributed by atoms with van der Waals surface area (Å²) in [6, 6.07) is 12.9. The molecule has 17 heavy (non-hydrogen) atoms. The molecule has 1 fully saturated rings. The van der Waals surface area contributed by atoms with Gasteiger partial charge in [-0.15, -0.1) is 0 Å². The van der Waals surface area contributed by atoms with Crippen molar-refractivity contribution in [1.29, 1.82) is 0 Å². The molecule has 0 N–H and O–H groups in total. The van der Waals surface area contributed by atoms with E-state index in [0.29, 0.717) is 0 Å². The van der Waals surface area contributed by atoms with E-state index in [2.05, 4.69) is 41.4 Å². The molecule has 0 radical (unpaired) electrons. The predicted molar refractivity (Wildman–Crippen MR) is 69.0 cm³/mol. The van der Waals surface area contributed by atoms with E-state index in [-0.39, 0.29) is 0 Å². The first-order valence-electron chi connectivity index (χ1n) is 6.47. The Morgan fingerprint density at radius 2 is 1.76 bits per heavy atom. The molecule has 2 aromatic rings. The van der Waals surface area contributed by atoms with Gasteiger partial charge in [0.1, 0.15) is 0 Å². The van der Waals surface area contributed by atoms with E-state index in [1.54, 1.807) is 11.1 Å². The topological polar surface area (TPSA) is 12.9 Å². The van der Waals surface area contributed by atoms with E-state index in [1.807, 2.05) is 6.20 Å². The van der Waals surface area contributed by atoms with Crippen LogP contribution in [0.1, 0.15) is 42.2 Å². The van der Waals surface area contributed by atoms with Crippen LogP contribution in [0.25, 0.3) is 11.3 Å². The maximum Gasteiger partial charge on any atom is 0.0739 e. The van der Waals surface area contributed by atoms with Crippen molar-refractivity contribution >= 4 is 0 Å². The van der Waals surface area contributed by atoms with Gasteiger partial charge in [-0.2, -0.15) is 0 Å². The van der Waals surface area contributed by atoms with Crippen molar-refractivity contribution in [2.75, 3.05) is 0 Å². The van der Waals surface area contributed by atoms with Crippen LogP contribution >= 0.6 is 0 Å². The van der Waals surface area contributed by atoms with Crippen LogP contribution in [0, 0.1) is 0 Å². The SMILES string of the molecule is c1ccc(-c2nccc3c2C2CCC3C2)cc1. The maximum absolute atomic E-state index is 4.64. The molecule has 0 spiro atoms. The molecule has 2 bridgehead atoms. The first kappa shape index (κ1) is 9.41. The summed E-state index contributed by atoms with van der Waals surface area (Å²) in [6.07, 6.45) is 6.10. The molecular weight excluding hydrogens is 206 g/mol. The van der Waals surface area contributed by atoms with Gasteiger partial charge in [0.05, 0.1) is 5.69 Å². The zero-order chi connectivity index (χ0) is 11.2. The van der Waals surface area contributed by atoms with Crippen molar-refractivity contribution in [2.24, 2.45) is 0 Å². The molecule has 2 aliphatic carbocycles. The summed E-state index contributed by atoms with van der Waals surface area (Å²) in [5.74, 6) is 1.60. The Kier molecular flexibility index (Phi) is 1.90. The summed E-state index contributed by atoms with van der Waals surface area (Å²) in [4.78, 5) is 4.64. The van der Waals surface area contributed by atoms with Gasteiger partial charge in [-0.25, -0.2) is 0 Å². The second kappa shape index (κ2) is 3.43. The summed E-state index contributed by atoms with van der Waals surface area (Å²) < 4.78 is 0. The van der Waals surface area contributed by atoms with Gasteiger partial charge in [0.2, 0.25) is 0 Å². The fraction of sp³-hybridized carbons (Fsp3) is 0.312. The minimum Gasteiger partial charge on any atom is -0.256 e. The molecule has 84 valence electrons. The highest BCUT2D eigenvalue weighted by molar-refractivity contribution is 5.67. The van der Waals surface area contributed by atoms with E-state index >= 15 is 0 Å². The standard InChI is InChI=1S/C16H15N/c1-2-4-11(5-3-1)16-15-13-7-6-12(10-13)14(15)8-9-17-16/h1-5,8-9,12-13H,6-7,10H2. The molecule has 1 heterocycles. The van der Waals surface area contributed by atoms with Crippen molar-refractivity contribution in [3.63, 3.8) is 0 Å². The Balaban J connectivity index is 1.94. The minimum atomic E-state index is 0.777. The fourth-order valence-corrected chi connectivity index (χ4v) is 3.63. The number of hydrogen-bond donors (Lipinski definition) is 0. The molecule has 4 rings (SSSR count). The lowest BCUT2D eigenvalue weighted by Crippen LogP contribution is -2.01. The normalized spacial score (nSPS) is 24.9. The van der Waals surface area contributed by atoms with Crippen molar-refractivity contribution in [3.8, 4) is 11.3 Å². The van der Waals surface area contributed by atoms with E-state index in [0.717, 1.165) is 11.8 Å². The van der Waals surface area contributed by atoms with Gasteiger partial charge in [0, 0.05) is 11.8 Å². The first-order valence-corrected chi connectivity index (χ1v) is 6.47. The van der Waals surface area contributed by atoms with Crippen LogP contribution in [0.4, 0.5) is 0 Å². The Hall–Kier alpha value is -1.63. The Labute approximate surface area is 102 Å². The van der Waals surface area contributed by atoms with Crippen LogP contribution in [-0.2, 0) is 0 Å². The number of pyridine rings is 1. The van der Waals surface area contributed by atoms with Crippen molar-refractivity contribution in [3.05, 3.63) is 53.7 Å². The third-order valence-corrected chi connectivity index (χ3v) is 4.35. The van der Waals surface area contributed by atoms with Gasteiger partial charge in [-0.1, -0.05) is 30.3 Å². The zero-order valence-electron chi connectivity index (χ0n) is 9.76. The quantitative estimate of drug-likeness (QED) is 0.706. The molecular formula is C16H15N.